The molecule has 0 radical (unpaired) electrons. The van der Waals surface area contributed by atoms with Crippen LogP contribution in [-0.2, 0) is 13.1 Å². The van der Waals surface area contributed by atoms with Gasteiger partial charge in [-0.2, -0.15) is 0 Å². The van der Waals surface area contributed by atoms with Gasteiger partial charge in [0.1, 0.15) is 0 Å². The summed E-state index contributed by atoms with van der Waals surface area (Å²) in [5.41, 5.74) is 2.86. The third kappa shape index (κ3) is 2.67. The highest BCUT2D eigenvalue weighted by molar-refractivity contribution is 5.81. The Hall–Kier alpha value is -1.32. The maximum Gasteiger partial charge on any atom is 0.0483 e. The van der Waals surface area contributed by atoms with E-state index in [0.29, 0.717) is 0 Å². The smallest absolute Gasteiger partial charge is 0.0483 e. The van der Waals surface area contributed by atoms with Gasteiger partial charge in [-0.1, -0.05) is 18.2 Å². The van der Waals surface area contributed by atoms with Gasteiger partial charge in [0.05, 0.1) is 0 Å². The standard InChI is InChI=1S/C16H23N3/c1-17(2)8-5-9-18-10-11-19-15(13-18)12-14-6-3-4-7-16(14)19/h3-4,6-7,12H,5,8-11,13H2,1-2H3. The van der Waals surface area contributed by atoms with Crippen LogP contribution in [-0.4, -0.2) is 48.1 Å². The van der Waals surface area contributed by atoms with Gasteiger partial charge in [0.15, 0.2) is 0 Å². The van der Waals surface area contributed by atoms with E-state index < -0.39 is 0 Å². The quantitative estimate of drug-likeness (QED) is 0.833. The van der Waals surface area contributed by atoms with E-state index >= 15 is 0 Å². The summed E-state index contributed by atoms with van der Waals surface area (Å²) in [5, 5.41) is 1.38. The van der Waals surface area contributed by atoms with Crippen LogP contribution < -0.4 is 0 Å². The molecular formula is C16H23N3. The van der Waals surface area contributed by atoms with Gasteiger partial charge in [-0.15, -0.1) is 0 Å². The second-order valence-electron chi connectivity index (χ2n) is 5.78. The number of hydrogen-bond acceptors (Lipinski definition) is 2. The Kier molecular flexibility index (Phi) is 3.58. The van der Waals surface area contributed by atoms with Gasteiger partial charge in [0.2, 0.25) is 0 Å². The molecule has 3 rings (SSSR count). The van der Waals surface area contributed by atoms with Crippen LogP contribution >= 0.6 is 0 Å². The lowest BCUT2D eigenvalue weighted by Crippen LogP contribution is -2.35. The second-order valence-corrected chi connectivity index (χ2v) is 5.78. The first-order valence-electron chi connectivity index (χ1n) is 7.18. The number of hydrogen-bond donors (Lipinski definition) is 0. The van der Waals surface area contributed by atoms with Crippen molar-refractivity contribution in [2.24, 2.45) is 0 Å². The molecule has 0 unspecified atom stereocenters. The molecule has 0 saturated carbocycles. The Bertz CT molecular complexity index is 556. The van der Waals surface area contributed by atoms with Gasteiger partial charge in [-0.05, 0) is 51.1 Å². The van der Waals surface area contributed by atoms with Gasteiger partial charge in [-0.3, -0.25) is 4.90 Å². The van der Waals surface area contributed by atoms with Crippen LogP contribution in [0.2, 0.25) is 0 Å². The van der Waals surface area contributed by atoms with E-state index in [-0.39, 0.29) is 0 Å². The van der Waals surface area contributed by atoms with Crippen molar-refractivity contribution >= 4 is 10.9 Å². The van der Waals surface area contributed by atoms with Gasteiger partial charge >= 0.3 is 0 Å². The zero-order chi connectivity index (χ0) is 13.2. The van der Waals surface area contributed by atoms with E-state index in [4.69, 9.17) is 0 Å². The largest absolute Gasteiger partial charge is 0.342 e. The van der Waals surface area contributed by atoms with Crippen molar-refractivity contribution < 1.29 is 0 Å². The topological polar surface area (TPSA) is 11.4 Å². The van der Waals surface area contributed by atoms with Crippen molar-refractivity contribution in [3.05, 3.63) is 36.0 Å². The summed E-state index contributed by atoms with van der Waals surface area (Å²) in [5.74, 6) is 0. The van der Waals surface area contributed by atoms with Crippen LogP contribution in [0.3, 0.4) is 0 Å². The average Bonchev–Trinajstić information content (AvgIpc) is 2.76. The molecule has 2 heterocycles. The van der Waals surface area contributed by atoms with Crippen molar-refractivity contribution in [1.82, 2.24) is 14.4 Å². The van der Waals surface area contributed by atoms with Crippen molar-refractivity contribution in [2.45, 2.75) is 19.5 Å². The molecule has 0 fully saturated rings. The molecule has 1 aromatic heterocycles. The highest BCUT2D eigenvalue weighted by Gasteiger charge is 2.17. The van der Waals surface area contributed by atoms with Gasteiger partial charge < -0.3 is 9.47 Å². The minimum absolute atomic E-state index is 1.10. The number of rotatable bonds is 4. The van der Waals surface area contributed by atoms with Gasteiger partial charge in [0, 0.05) is 30.8 Å². The number of nitrogens with zero attached hydrogens (tertiary/aromatic N) is 3. The van der Waals surface area contributed by atoms with Gasteiger partial charge in [0.25, 0.3) is 0 Å². The fourth-order valence-corrected chi connectivity index (χ4v) is 3.01. The van der Waals surface area contributed by atoms with Crippen LogP contribution in [0.4, 0.5) is 0 Å². The first kappa shape index (κ1) is 12.7. The summed E-state index contributed by atoms with van der Waals surface area (Å²) in [6.45, 7) is 5.80. The molecule has 0 N–H and O–H groups in total. The van der Waals surface area contributed by atoms with Crippen LogP contribution in [0.15, 0.2) is 30.3 Å². The van der Waals surface area contributed by atoms with E-state index in [1.54, 1.807) is 0 Å². The maximum absolute atomic E-state index is 2.58. The Morgan fingerprint density at radius 1 is 1.16 bits per heavy atom. The number of aromatic nitrogens is 1. The molecule has 1 aliphatic heterocycles. The summed E-state index contributed by atoms with van der Waals surface area (Å²) in [6.07, 6.45) is 1.26. The lowest BCUT2D eigenvalue weighted by molar-refractivity contribution is 0.212. The SMILES string of the molecule is CN(C)CCCN1CCn2c(cc3ccccc32)C1. The van der Waals surface area contributed by atoms with Crippen LogP contribution in [0.5, 0.6) is 0 Å². The molecule has 102 valence electrons. The minimum Gasteiger partial charge on any atom is -0.342 e. The molecule has 0 aliphatic carbocycles. The Morgan fingerprint density at radius 3 is 2.84 bits per heavy atom. The summed E-state index contributed by atoms with van der Waals surface area (Å²) < 4.78 is 2.48. The fourth-order valence-electron chi connectivity index (χ4n) is 3.01. The number of fused-ring (bicyclic) bond motifs is 3. The zero-order valence-corrected chi connectivity index (χ0v) is 12.0. The maximum atomic E-state index is 2.58. The highest BCUT2D eigenvalue weighted by atomic mass is 15.2. The Morgan fingerprint density at radius 2 is 2.00 bits per heavy atom. The fraction of sp³-hybridized carbons (Fsp3) is 0.500. The molecule has 2 aromatic rings. The molecule has 0 amide bonds. The monoisotopic (exact) mass is 257 g/mol. The molecule has 3 heteroatoms. The lowest BCUT2D eigenvalue weighted by Gasteiger charge is -2.29. The van der Waals surface area contributed by atoms with E-state index in [2.05, 4.69) is 58.8 Å². The van der Waals surface area contributed by atoms with E-state index in [1.165, 1.54) is 42.7 Å². The van der Waals surface area contributed by atoms with Crippen molar-refractivity contribution in [2.75, 3.05) is 33.7 Å². The van der Waals surface area contributed by atoms with E-state index in [0.717, 1.165) is 13.1 Å². The van der Waals surface area contributed by atoms with Crippen LogP contribution in [0, 0.1) is 0 Å². The van der Waals surface area contributed by atoms with Gasteiger partial charge in [-0.25, -0.2) is 0 Å². The minimum atomic E-state index is 1.10. The lowest BCUT2D eigenvalue weighted by atomic mass is 10.2. The zero-order valence-electron chi connectivity index (χ0n) is 12.0. The van der Waals surface area contributed by atoms with Crippen molar-refractivity contribution in [3.63, 3.8) is 0 Å². The molecule has 19 heavy (non-hydrogen) atoms. The van der Waals surface area contributed by atoms with Crippen molar-refractivity contribution in [3.8, 4) is 0 Å². The van der Waals surface area contributed by atoms with Crippen LogP contribution in [0.25, 0.3) is 10.9 Å². The van der Waals surface area contributed by atoms with Crippen molar-refractivity contribution in [1.29, 1.82) is 0 Å². The summed E-state index contributed by atoms with van der Waals surface area (Å²) in [4.78, 5) is 4.85. The molecule has 1 aromatic carbocycles. The third-order valence-electron chi connectivity index (χ3n) is 4.00. The Balaban J connectivity index is 1.70. The van der Waals surface area contributed by atoms with E-state index in [9.17, 15) is 0 Å². The summed E-state index contributed by atoms with van der Waals surface area (Å²) >= 11 is 0. The predicted octanol–water partition coefficient (Wildman–Crippen LogP) is 2.41. The molecule has 0 bridgehead atoms. The first-order valence-corrected chi connectivity index (χ1v) is 7.18. The third-order valence-corrected chi connectivity index (χ3v) is 4.00. The van der Waals surface area contributed by atoms with Crippen LogP contribution in [0.1, 0.15) is 12.1 Å². The summed E-state index contributed by atoms with van der Waals surface area (Å²) in [6, 6.07) is 11.1. The van der Waals surface area contributed by atoms with E-state index in [1.807, 2.05) is 0 Å². The average molecular weight is 257 g/mol. The second kappa shape index (κ2) is 5.35. The molecule has 3 nitrogen and oxygen atoms in total. The predicted molar refractivity (Wildman–Crippen MR) is 80.4 cm³/mol. The molecular weight excluding hydrogens is 234 g/mol. The Labute approximate surface area is 115 Å². The molecule has 0 atom stereocenters. The number of benzene rings is 1. The highest BCUT2D eigenvalue weighted by Crippen LogP contribution is 2.23. The summed E-state index contributed by atoms with van der Waals surface area (Å²) in [7, 11) is 4.29. The molecule has 0 saturated heterocycles. The first-order chi connectivity index (χ1) is 9.24. The molecule has 0 spiro atoms. The number of para-hydroxylation sites is 1. The molecule has 1 aliphatic rings. The normalized spacial score (nSPS) is 16.2.